The number of nitrogens with two attached hydrogens (primary N) is 1. The van der Waals surface area contributed by atoms with E-state index in [0.717, 1.165) is 12.2 Å². The molecule has 1 unspecified atom stereocenters. The topological polar surface area (TPSA) is 58.4 Å². The summed E-state index contributed by atoms with van der Waals surface area (Å²) >= 11 is 0. The highest BCUT2D eigenvalue weighted by atomic mass is 16.2. The van der Waals surface area contributed by atoms with Crippen molar-refractivity contribution in [3.8, 4) is 0 Å². The first kappa shape index (κ1) is 11.9. The summed E-state index contributed by atoms with van der Waals surface area (Å²) in [6.45, 7) is 5.81. The fraction of sp³-hybridized carbons (Fsp3) is 0.462. The summed E-state index contributed by atoms with van der Waals surface area (Å²) in [5, 5.41) is 2.89. The minimum Gasteiger partial charge on any atom is -0.360 e. The Balaban J connectivity index is 2.26. The second kappa shape index (κ2) is 4.75. The van der Waals surface area contributed by atoms with E-state index >= 15 is 0 Å². The number of hydrogen-bond donors (Lipinski definition) is 2. The lowest BCUT2D eigenvalue weighted by Gasteiger charge is -2.35. The van der Waals surface area contributed by atoms with Crippen LogP contribution in [0.4, 0.5) is 5.69 Å². The van der Waals surface area contributed by atoms with Gasteiger partial charge in [-0.2, -0.15) is 0 Å². The number of hydrogen-bond acceptors (Lipinski definition) is 3. The summed E-state index contributed by atoms with van der Waals surface area (Å²) in [7, 11) is 0. The van der Waals surface area contributed by atoms with Crippen molar-refractivity contribution >= 4 is 11.6 Å². The van der Waals surface area contributed by atoms with Crippen LogP contribution in [0.1, 0.15) is 11.1 Å². The Hall–Kier alpha value is -1.55. The van der Waals surface area contributed by atoms with Gasteiger partial charge in [0.05, 0.1) is 12.6 Å². The molecule has 1 aliphatic heterocycles. The number of nitrogens with zero attached hydrogens (tertiary/aromatic N) is 1. The monoisotopic (exact) mass is 233 g/mol. The third-order valence-corrected chi connectivity index (χ3v) is 3.13. The van der Waals surface area contributed by atoms with Crippen molar-refractivity contribution in [2.75, 3.05) is 24.5 Å². The van der Waals surface area contributed by atoms with Gasteiger partial charge in [-0.1, -0.05) is 12.1 Å². The van der Waals surface area contributed by atoms with Gasteiger partial charge in [-0.25, -0.2) is 0 Å². The van der Waals surface area contributed by atoms with Gasteiger partial charge in [-0.15, -0.1) is 0 Å². The number of nitrogens with one attached hydrogen (secondary N) is 1. The molecule has 1 amide bonds. The predicted molar refractivity (Wildman–Crippen MR) is 69.1 cm³/mol. The number of rotatable bonds is 2. The summed E-state index contributed by atoms with van der Waals surface area (Å²) < 4.78 is 0. The van der Waals surface area contributed by atoms with E-state index in [1.807, 2.05) is 0 Å². The van der Waals surface area contributed by atoms with Gasteiger partial charge in [0.15, 0.2) is 0 Å². The molecule has 1 aromatic rings. The molecule has 1 fully saturated rings. The summed E-state index contributed by atoms with van der Waals surface area (Å²) in [5.41, 5.74) is 9.17. The van der Waals surface area contributed by atoms with E-state index in [9.17, 15) is 4.79 Å². The van der Waals surface area contributed by atoms with Gasteiger partial charge in [0.1, 0.15) is 0 Å². The third-order valence-electron chi connectivity index (χ3n) is 3.13. The van der Waals surface area contributed by atoms with E-state index in [1.165, 1.54) is 11.1 Å². The highest BCUT2D eigenvalue weighted by Crippen LogP contribution is 2.22. The van der Waals surface area contributed by atoms with Crippen LogP contribution in [0.15, 0.2) is 18.2 Å². The van der Waals surface area contributed by atoms with E-state index in [1.54, 1.807) is 0 Å². The highest BCUT2D eigenvalue weighted by Gasteiger charge is 2.24. The number of amides is 1. The van der Waals surface area contributed by atoms with Crippen molar-refractivity contribution in [2.24, 2.45) is 5.73 Å². The zero-order chi connectivity index (χ0) is 12.4. The molecule has 92 valence electrons. The van der Waals surface area contributed by atoms with Crippen LogP contribution in [0.25, 0.3) is 0 Å². The number of carbonyl (C=O) groups is 1. The van der Waals surface area contributed by atoms with Crippen LogP contribution in [-0.4, -0.2) is 31.6 Å². The van der Waals surface area contributed by atoms with Crippen LogP contribution < -0.4 is 16.0 Å². The lowest BCUT2D eigenvalue weighted by atomic mass is 10.1. The summed E-state index contributed by atoms with van der Waals surface area (Å²) in [5.74, 6) is 0.0487. The first-order chi connectivity index (χ1) is 8.10. The van der Waals surface area contributed by atoms with Crippen LogP contribution in [0.3, 0.4) is 0 Å². The summed E-state index contributed by atoms with van der Waals surface area (Å²) in [4.78, 5) is 13.7. The molecule has 0 spiro atoms. The maximum atomic E-state index is 11.6. The molecule has 1 aromatic carbocycles. The van der Waals surface area contributed by atoms with Crippen LogP contribution in [0, 0.1) is 13.8 Å². The van der Waals surface area contributed by atoms with Crippen LogP contribution >= 0.6 is 0 Å². The van der Waals surface area contributed by atoms with Crippen LogP contribution in [0.2, 0.25) is 0 Å². The van der Waals surface area contributed by atoms with Gasteiger partial charge < -0.3 is 16.0 Å². The second-order valence-electron chi connectivity index (χ2n) is 4.67. The van der Waals surface area contributed by atoms with Crippen molar-refractivity contribution in [2.45, 2.75) is 19.9 Å². The van der Waals surface area contributed by atoms with Gasteiger partial charge in [-0.05, 0) is 31.0 Å². The number of piperazine rings is 1. The molecule has 0 bridgehead atoms. The van der Waals surface area contributed by atoms with E-state index in [0.29, 0.717) is 13.1 Å². The van der Waals surface area contributed by atoms with Crippen molar-refractivity contribution in [3.05, 3.63) is 29.3 Å². The normalized spacial score (nSPS) is 20.3. The fourth-order valence-electron chi connectivity index (χ4n) is 2.20. The van der Waals surface area contributed by atoms with Crippen molar-refractivity contribution in [3.63, 3.8) is 0 Å². The Morgan fingerprint density at radius 3 is 2.94 bits per heavy atom. The van der Waals surface area contributed by atoms with Crippen LogP contribution in [0.5, 0.6) is 0 Å². The SMILES string of the molecule is Cc1ccc(C)c(N2CC(=O)NC(CN)C2)c1. The summed E-state index contributed by atoms with van der Waals surface area (Å²) in [6, 6.07) is 6.36. The number of aryl methyl sites for hydroxylation is 2. The Morgan fingerprint density at radius 1 is 1.47 bits per heavy atom. The van der Waals surface area contributed by atoms with Crippen molar-refractivity contribution in [1.29, 1.82) is 0 Å². The molecule has 0 aliphatic carbocycles. The molecule has 1 aliphatic rings. The van der Waals surface area contributed by atoms with E-state index in [-0.39, 0.29) is 11.9 Å². The lowest BCUT2D eigenvalue weighted by molar-refractivity contribution is -0.121. The zero-order valence-corrected chi connectivity index (χ0v) is 10.4. The van der Waals surface area contributed by atoms with E-state index in [4.69, 9.17) is 5.73 Å². The first-order valence-corrected chi connectivity index (χ1v) is 5.92. The van der Waals surface area contributed by atoms with Crippen LogP contribution in [-0.2, 0) is 4.79 Å². The van der Waals surface area contributed by atoms with Gasteiger partial charge in [0, 0.05) is 18.8 Å². The Bertz CT molecular complexity index is 431. The highest BCUT2D eigenvalue weighted by molar-refractivity contribution is 5.83. The largest absolute Gasteiger partial charge is 0.360 e. The maximum Gasteiger partial charge on any atom is 0.239 e. The Kier molecular flexibility index (Phi) is 3.33. The number of benzene rings is 1. The standard InChI is InChI=1S/C13H19N3O/c1-9-3-4-10(2)12(5-9)16-7-11(6-14)15-13(17)8-16/h3-5,11H,6-8,14H2,1-2H3,(H,15,17). The minimum atomic E-state index is 0.0487. The molecule has 17 heavy (non-hydrogen) atoms. The molecule has 4 nitrogen and oxygen atoms in total. The number of anilines is 1. The number of carbonyl (C=O) groups excluding carboxylic acids is 1. The van der Waals surface area contributed by atoms with Gasteiger partial charge in [0.2, 0.25) is 5.91 Å². The molecule has 0 aromatic heterocycles. The zero-order valence-electron chi connectivity index (χ0n) is 10.4. The smallest absolute Gasteiger partial charge is 0.239 e. The fourth-order valence-corrected chi connectivity index (χ4v) is 2.20. The van der Waals surface area contributed by atoms with Gasteiger partial charge >= 0.3 is 0 Å². The van der Waals surface area contributed by atoms with Crippen molar-refractivity contribution in [1.82, 2.24) is 5.32 Å². The molecule has 1 atom stereocenters. The van der Waals surface area contributed by atoms with Gasteiger partial charge in [-0.3, -0.25) is 4.79 Å². The molecule has 0 radical (unpaired) electrons. The molecule has 3 N–H and O–H groups in total. The molecule has 1 saturated heterocycles. The van der Waals surface area contributed by atoms with E-state index in [2.05, 4.69) is 42.3 Å². The van der Waals surface area contributed by atoms with Crippen molar-refractivity contribution < 1.29 is 4.79 Å². The second-order valence-corrected chi connectivity index (χ2v) is 4.67. The molecule has 2 rings (SSSR count). The Morgan fingerprint density at radius 2 is 2.24 bits per heavy atom. The Labute approximate surface area is 102 Å². The minimum absolute atomic E-state index is 0.0487. The lowest BCUT2D eigenvalue weighted by Crippen LogP contribution is -2.57. The third kappa shape index (κ3) is 2.58. The molecule has 1 heterocycles. The van der Waals surface area contributed by atoms with E-state index < -0.39 is 0 Å². The summed E-state index contributed by atoms with van der Waals surface area (Å²) in [6.07, 6.45) is 0. The maximum absolute atomic E-state index is 11.6. The quantitative estimate of drug-likeness (QED) is 0.785. The molecule has 0 saturated carbocycles. The average Bonchev–Trinajstić information content (AvgIpc) is 2.31. The van der Waals surface area contributed by atoms with Gasteiger partial charge in [0.25, 0.3) is 0 Å². The first-order valence-electron chi connectivity index (χ1n) is 5.92. The molecular formula is C13H19N3O. The molecule has 4 heteroatoms. The molecular weight excluding hydrogens is 214 g/mol. The average molecular weight is 233 g/mol. The predicted octanol–water partition coefficient (Wildman–Crippen LogP) is 0.567.